The van der Waals surface area contributed by atoms with E-state index in [4.69, 9.17) is 18.8 Å². The molecule has 0 unspecified atom stereocenters. The Kier molecular flexibility index (Phi) is 8.48. The van der Waals surface area contributed by atoms with Gasteiger partial charge in [-0.25, -0.2) is 0 Å². The van der Waals surface area contributed by atoms with Crippen molar-refractivity contribution in [1.29, 1.82) is 0 Å². The Morgan fingerprint density at radius 3 is 2.34 bits per heavy atom. The summed E-state index contributed by atoms with van der Waals surface area (Å²) in [5.74, 6) is 1.13. The zero-order chi connectivity index (χ0) is 27.6. The topological polar surface area (TPSA) is 66.0 Å². The lowest BCUT2D eigenvalue weighted by Gasteiger charge is -2.32. The average Bonchev–Trinajstić information content (AvgIpc) is 3.41. The molecule has 1 saturated heterocycles. The van der Waals surface area contributed by atoms with Gasteiger partial charge in [0.1, 0.15) is 18.0 Å². The maximum atomic E-state index is 12.5. The van der Waals surface area contributed by atoms with E-state index in [1.807, 2.05) is 45.0 Å². The predicted octanol–water partition coefficient (Wildman–Crippen LogP) is 6.05. The first-order valence-electron chi connectivity index (χ1n) is 14.0. The summed E-state index contributed by atoms with van der Waals surface area (Å²) in [5.41, 5.74) is 2.49. The quantitative estimate of drug-likeness (QED) is 0.320. The van der Waals surface area contributed by atoms with Crippen LogP contribution in [0.2, 0.25) is 0 Å². The lowest BCUT2D eigenvalue weighted by molar-refractivity contribution is -0.153. The van der Waals surface area contributed by atoms with Crippen LogP contribution in [0.25, 0.3) is 0 Å². The van der Waals surface area contributed by atoms with Gasteiger partial charge in [0.25, 0.3) is 0 Å². The van der Waals surface area contributed by atoms with E-state index in [-0.39, 0.29) is 12.4 Å². The molecule has 38 heavy (non-hydrogen) atoms. The Morgan fingerprint density at radius 2 is 1.68 bits per heavy atom. The number of carbonyl (C=O) groups is 1. The number of hydrogen-bond donors (Lipinski definition) is 1. The van der Waals surface area contributed by atoms with Gasteiger partial charge in [0.2, 0.25) is 0 Å². The van der Waals surface area contributed by atoms with E-state index in [2.05, 4.69) is 51.2 Å². The Bertz CT molecular complexity index is 1100. The molecule has 4 rings (SSSR count). The second-order valence-electron chi connectivity index (χ2n) is 12.7. The predicted molar refractivity (Wildman–Crippen MR) is 153 cm³/mol. The molecule has 1 saturated carbocycles. The van der Waals surface area contributed by atoms with Crippen molar-refractivity contribution in [2.24, 2.45) is 5.92 Å². The molecule has 0 radical (unpaired) electrons. The fourth-order valence-corrected chi connectivity index (χ4v) is 4.98. The fourth-order valence-electron chi connectivity index (χ4n) is 4.98. The molecule has 0 spiro atoms. The molecular formula is C31H44BNO5. The Balaban J connectivity index is 1.52. The Hall–Kier alpha value is -2.51. The number of ether oxygens (including phenoxy) is 2. The van der Waals surface area contributed by atoms with Gasteiger partial charge in [-0.05, 0) is 96.5 Å². The summed E-state index contributed by atoms with van der Waals surface area (Å²) >= 11 is 0. The van der Waals surface area contributed by atoms with Gasteiger partial charge in [-0.3, -0.25) is 4.79 Å². The van der Waals surface area contributed by atoms with Crippen LogP contribution in [0.5, 0.6) is 5.75 Å². The molecular weight excluding hydrogens is 477 g/mol. The summed E-state index contributed by atoms with van der Waals surface area (Å²) < 4.78 is 24.5. The van der Waals surface area contributed by atoms with Crippen molar-refractivity contribution in [3.63, 3.8) is 0 Å². The maximum absolute atomic E-state index is 12.5. The van der Waals surface area contributed by atoms with Crippen LogP contribution in [0.1, 0.15) is 85.3 Å². The molecule has 0 atom stereocenters. The maximum Gasteiger partial charge on any atom is 0.494 e. The van der Waals surface area contributed by atoms with Crippen LogP contribution in [-0.4, -0.2) is 36.4 Å². The second-order valence-corrected chi connectivity index (χ2v) is 12.7. The normalized spacial score (nSPS) is 19.0. The molecule has 1 heterocycles. The molecule has 2 fully saturated rings. The van der Waals surface area contributed by atoms with Crippen molar-refractivity contribution in [3.05, 3.63) is 53.6 Å². The zero-order valence-corrected chi connectivity index (χ0v) is 24.2. The van der Waals surface area contributed by atoms with Crippen molar-refractivity contribution in [2.75, 3.05) is 11.9 Å². The molecule has 2 aliphatic rings. The van der Waals surface area contributed by atoms with Gasteiger partial charge < -0.3 is 24.1 Å². The van der Waals surface area contributed by atoms with Gasteiger partial charge in [0.15, 0.2) is 0 Å². The highest BCUT2D eigenvalue weighted by molar-refractivity contribution is 6.62. The van der Waals surface area contributed by atoms with Crippen LogP contribution >= 0.6 is 0 Å². The minimum Gasteiger partial charge on any atom is -0.489 e. The summed E-state index contributed by atoms with van der Waals surface area (Å²) in [7, 11) is -0.452. The molecule has 0 aromatic heterocycles. The lowest BCUT2D eigenvalue weighted by atomic mass is 9.78. The number of benzene rings is 2. The average molecular weight is 522 g/mol. The highest BCUT2D eigenvalue weighted by Crippen LogP contribution is 2.37. The first-order valence-corrected chi connectivity index (χ1v) is 14.0. The molecule has 0 bridgehead atoms. The molecule has 1 N–H and O–H groups in total. The third-order valence-corrected chi connectivity index (χ3v) is 7.73. The third-order valence-electron chi connectivity index (χ3n) is 7.73. The summed E-state index contributed by atoms with van der Waals surface area (Å²) in [5, 5.41) is 3.66. The number of anilines is 1. The summed E-state index contributed by atoms with van der Waals surface area (Å²) in [6, 6.07) is 14.0. The summed E-state index contributed by atoms with van der Waals surface area (Å²) in [6.07, 6.45) is 5.38. The van der Waals surface area contributed by atoms with Crippen molar-refractivity contribution in [2.45, 2.75) is 104 Å². The lowest BCUT2D eigenvalue weighted by Crippen LogP contribution is -2.41. The summed E-state index contributed by atoms with van der Waals surface area (Å²) in [4.78, 5) is 12.5. The minimum atomic E-state index is -0.525. The molecule has 2 aromatic rings. The second kappa shape index (κ2) is 11.3. The molecule has 0 amide bonds. The molecule has 1 aliphatic heterocycles. The van der Waals surface area contributed by atoms with Crippen LogP contribution in [0, 0.1) is 5.92 Å². The van der Waals surface area contributed by atoms with Gasteiger partial charge in [-0.2, -0.15) is 0 Å². The van der Waals surface area contributed by atoms with E-state index in [1.54, 1.807) is 0 Å². The first-order chi connectivity index (χ1) is 17.8. The largest absolute Gasteiger partial charge is 0.494 e. The van der Waals surface area contributed by atoms with E-state index in [0.717, 1.165) is 34.7 Å². The number of hydrogen-bond acceptors (Lipinski definition) is 6. The number of nitrogens with one attached hydrogen (secondary N) is 1. The van der Waals surface area contributed by atoms with Gasteiger partial charge in [-0.15, -0.1) is 0 Å². The highest BCUT2D eigenvalue weighted by Gasteiger charge is 2.51. The van der Waals surface area contributed by atoms with Crippen LogP contribution in [0.15, 0.2) is 42.5 Å². The molecule has 2 aromatic carbocycles. The van der Waals surface area contributed by atoms with Gasteiger partial charge in [0.05, 0.1) is 17.6 Å². The molecule has 1 aliphatic carbocycles. The SMILES string of the molecule is CC(C)(C)OC(=O)Cc1ccccc1OCc1cc(NCC2CCCC2)cc(B2OC(C)(C)C(C)(C)O2)c1. The number of carbonyl (C=O) groups excluding carboxylic acids is 1. The van der Waals surface area contributed by atoms with Crippen LogP contribution < -0.4 is 15.5 Å². The molecule has 206 valence electrons. The molecule has 7 heteroatoms. The van der Waals surface area contributed by atoms with Gasteiger partial charge >= 0.3 is 13.1 Å². The van der Waals surface area contributed by atoms with E-state index in [9.17, 15) is 4.79 Å². The third kappa shape index (κ3) is 7.32. The van der Waals surface area contributed by atoms with E-state index >= 15 is 0 Å². The first kappa shape index (κ1) is 28.5. The Morgan fingerprint density at radius 1 is 1.03 bits per heavy atom. The van der Waals surface area contributed by atoms with Crippen molar-refractivity contribution >= 4 is 24.2 Å². The van der Waals surface area contributed by atoms with Crippen molar-refractivity contribution in [1.82, 2.24) is 0 Å². The van der Waals surface area contributed by atoms with Crippen molar-refractivity contribution in [3.8, 4) is 5.75 Å². The van der Waals surface area contributed by atoms with Gasteiger partial charge in [-0.1, -0.05) is 37.1 Å². The zero-order valence-electron chi connectivity index (χ0n) is 24.2. The van der Waals surface area contributed by atoms with Crippen LogP contribution in [-0.2, 0) is 31.9 Å². The van der Waals surface area contributed by atoms with Crippen LogP contribution in [0.3, 0.4) is 0 Å². The monoisotopic (exact) mass is 521 g/mol. The van der Waals surface area contributed by atoms with E-state index < -0.39 is 23.9 Å². The number of esters is 1. The Labute approximate surface area is 228 Å². The summed E-state index contributed by atoms with van der Waals surface area (Å²) in [6.45, 7) is 15.2. The van der Waals surface area contributed by atoms with E-state index in [0.29, 0.717) is 12.4 Å². The van der Waals surface area contributed by atoms with Crippen LogP contribution in [0.4, 0.5) is 5.69 Å². The smallest absolute Gasteiger partial charge is 0.489 e. The van der Waals surface area contributed by atoms with E-state index in [1.165, 1.54) is 25.7 Å². The fraction of sp³-hybridized carbons (Fsp3) is 0.581. The number of rotatable bonds is 9. The highest BCUT2D eigenvalue weighted by atomic mass is 16.7. The minimum absolute atomic E-state index is 0.162. The number of para-hydroxylation sites is 1. The standard InChI is InChI=1S/C31H44BNO5/c1-29(2,3)36-28(34)18-24-14-10-11-15-27(24)35-21-23-16-25(32-37-30(4,5)31(6,7)38-32)19-26(17-23)33-20-22-12-8-9-13-22/h10-11,14-17,19,22,33H,8-9,12-13,18,20-21H2,1-7H3. The van der Waals surface area contributed by atoms with Gasteiger partial charge in [0, 0.05) is 17.8 Å². The van der Waals surface area contributed by atoms with Crippen molar-refractivity contribution < 1.29 is 23.6 Å². The molecule has 6 nitrogen and oxygen atoms in total.